The first-order valence-electron chi connectivity index (χ1n) is 4.99. The summed E-state index contributed by atoms with van der Waals surface area (Å²) in [6, 6.07) is 5.82. The molecule has 1 unspecified atom stereocenters. The lowest BCUT2D eigenvalue weighted by molar-refractivity contribution is -0.384. The number of hydrogen-bond acceptors (Lipinski definition) is 5. The van der Waals surface area contributed by atoms with Crippen LogP contribution in [0.3, 0.4) is 0 Å². The van der Waals surface area contributed by atoms with E-state index in [4.69, 9.17) is 11.0 Å². The van der Waals surface area contributed by atoms with E-state index >= 15 is 0 Å². The Balaban J connectivity index is 2.92. The average molecular weight is 265 g/mol. The largest absolute Gasteiger partial charge is 0.368 e. The molecule has 1 aromatic rings. The lowest BCUT2D eigenvalue weighted by atomic mass is 9.99. The summed E-state index contributed by atoms with van der Waals surface area (Å²) in [4.78, 5) is 21.3. The van der Waals surface area contributed by atoms with Crippen LogP contribution in [0.5, 0.6) is 0 Å². The van der Waals surface area contributed by atoms with Crippen LogP contribution in [-0.4, -0.2) is 15.6 Å². The number of amides is 1. The van der Waals surface area contributed by atoms with Crippen molar-refractivity contribution in [1.82, 2.24) is 0 Å². The Morgan fingerprint density at radius 2 is 2.11 bits per heavy atom. The molecule has 7 heteroatoms. The van der Waals surface area contributed by atoms with E-state index in [2.05, 4.69) is 0 Å². The summed E-state index contributed by atoms with van der Waals surface area (Å²) in [6.07, 6.45) is 0.249. The lowest BCUT2D eigenvalue weighted by Crippen LogP contribution is -2.39. The summed E-state index contributed by atoms with van der Waals surface area (Å²) in [5.74, 6) is -0.590. The molecule has 1 rings (SSSR count). The second-order valence-corrected chi connectivity index (χ2v) is 5.18. The molecule has 0 aliphatic heterocycles. The number of nitrogens with zero attached hydrogens (tertiary/aromatic N) is 2. The summed E-state index contributed by atoms with van der Waals surface area (Å²) < 4.78 is -1.04. The van der Waals surface area contributed by atoms with Crippen LogP contribution in [0.1, 0.15) is 12.5 Å². The van der Waals surface area contributed by atoms with Crippen LogP contribution < -0.4 is 5.73 Å². The van der Waals surface area contributed by atoms with E-state index in [1.54, 1.807) is 19.1 Å². The van der Waals surface area contributed by atoms with Crippen LogP contribution in [-0.2, 0) is 11.2 Å². The fraction of sp³-hybridized carbons (Fsp3) is 0.273. The van der Waals surface area contributed by atoms with E-state index in [0.29, 0.717) is 5.56 Å². The average Bonchev–Trinajstić information content (AvgIpc) is 2.29. The Morgan fingerprint density at radius 3 is 2.50 bits per heavy atom. The highest BCUT2D eigenvalue weighted by Crippen LogP contribution is 2.28. The number of nitrogens with two attached hydrogens (primary N) is 1. The first kappa shape index (κ1) is 14.0. The van der Waals surface area contributed by atoms with Crippen LogP contribution in [0.2, 0.25) is 0 Å². The quantitative estimate of drug-likeness (QED) is 0.494. The first-order valence-corrected chi connectivity index (χ1v) is 5.81. The number of carbonyl (C=O) groups excluding carboxylic acids is 1. The number of hydrogen-bond donors (Lipinski definition) is 1. The predicted octanol–water partition coefficient (Wildman–Crippen LogP) is 1.60. The molecule has 0 radical (unpaired) electrons. The Labute approximate surface area is 108 Å². The third kappa shape index (κ3) is 3.21. The standard InChI is InChI=1S/C11H11N3O3S/c1-11(10(13)15,18-7-12)6-8-2-4-9(5-3-8)14(16)17/h2-5H,6H2,1H3,(H2,13,15). The van der Waals surface area contributed by atoms with E-state index in [-0.39, 0.29) is 12.1 Å². The van der Waals surface area contributed by atoms with Gasteiger partial charge in [-0.05, 0) is 30.7 Å². The molecular formula is C11H11N3O3S. The zero-order valence-electron chi connectivity index (χ0n) is 9.62. The number of thiocyanates is 1. The van der Waals surface area contributed by atoms with Crippen molar-refractivity contribution in [2.24, 2.45) is 5.73 Å². The fourth-order valence-corrected chi connectivity index (χ4v) is 1.94. The van der Waals surface area contributed by atoms with E-state index in [9.17, 15) is 14.9 Å². The summed E-state index contributed by atoms with van der Waals surface area (Å²) >= 11 is 0.789. The van der Waals surface area contributed by atoms with Gasteiger partial charge in [0.1, 0.15) is 10.1 Å². The minimum atomic E-state index is -1.04. The summed E-state index contributed by atoms with van der Waals surface area (Å²) in [7, 11) is 0. The summed E-state index contributed by atoms with van der Waals surface area (Å²) in [5, 5.41) is 21.0. The monoisotopic (exact) mass is 265 g/mol. The van der Waals surface area contributed by atoms with Gasteiger partial charge in [0.05, 0.1) is 4.92 Å². The summed E-state index contributed by atoms with van der Waals surface area (Å²) in [5.41, 5.74) is 5.96. The van der Waals surface area contributed by atoms with Crippen LogP contribution in [0.25, 0.3) is 0 Å². The molecule has 0 fully saturated rings. The van der Waals surface area contributed by atoms with Crippen molar-refractivity contribution in [2.45, 2.75) is 18.1 Å². The molecule has 0 heterocycles. The number of nitro groups is 1. The molecule has 0 aliphatic carbocycles. The number of benzene rings is 1. The first-order chi connectivity index (χ1) is 8.39. The van der Waals surface area contributed by atoms with Gasteiger partial charge in [-0.15, -0.1) is 0 Å². The molecule has 1 atom stereocenters. The minimum Gasteiger partial charge on any atom is -0.368 e. The molecule has 1 amide bonds. The van der Waals surface area contributed by atoms with Crippen LogP contribution in [0.4, 0.5) is 5.69 Å². The highest BCUT2D eigenvalue weighted by Gasteiger charge is 2.32. The van der Waals surface area contributed by atoms with Crippen LogP contribution in [0, 0.1) is 20.8 Å². The van der Waals surface area contributed by atoms with Crippen molar-refractivity contribution in [2.75, 3.05) is 0 Å². The maximum Gasteiger partial charge on any atom is 0.269 e. The van der Waals surface area contributed by atoms with Crippen LogP contribution >= 0.6 is 11.8 Å². The SMILES string of the molecule is CC(Cc1ccc([N+](=O)[O-])cc1)(SC#N)C(N)=O. The third-order valence-electron chi connectivity index (χ3n) is 2.48. The van der Waals surface area contributed by atoms with Gasteiger partial charge in [-0.25, -0.2) is 0 Å². The second kappa shape index (κ2) is 5.51. The molecule has 94 valence electrons. The van der Waals surface area contributed by atoms with Gasteiger partial charge in [0.15, 0.2) is 0 Å². The minimum absolute atomic E-state index is 0.0209. The molecule has 0 spiro atoms. The number of thioether (sulfide) groups is 1. The number of nitro benzene ring substituents is 1. The molecule has 1 aromatic carbocycles. The third-order valence-corrected chi connectivity index (χ3v) is 3.37. The van der Waals surface area contributed by atoms with Gasteiger partial charge < -0.3 is 5.73 Å². The smallest absolute Gasteiger partial charge is 0.269 e. The van der Waals surface area contributed by atoms with Gasteiger partial charge in [0.25, 0.3) is 5.69 Å². The highest BCUT2D eigenvalue weighted by atomic mass is 32.2. The number of primary amides is 1. The van der Waals surface area contributed by atoms with Crippen molar-refractivity contribution < 1.29 is 9.72 Å². The van der Waals surface area contributed by atoms with Crippen molar-refractivity contribution in [3.8, 4) is 5.40 Å². The van der Waals surface area contributed by atoms with Gasteiger partial charge in [-0.1, -0.05) is 12.1 Å². The number of nitriles is 1. The maximum absolute atomic E-state index is 11.3. The van der Waals surface area contributed by atoms with Crippen molar-refractivity contribution in [1.29, 1.82) is 5.26 Å². The topological polar surface area (TPSA) is 110 Å². The zero-order valence-corrected chi connectivity index (χ0v) is 10.4. The molecule has 0 aliphatic rings. The molecule has 0 bridgehead atoms. The predicted molar refractivity (Wildman–Crippen MR) is 67.6 cm³/mol. The summed E-state index contributed by atoms with van der Waals surface area (Å²) in [6.45, 7) is 1.57. The number of carbonyl (C=O) groups is 1. The van der Waals surface area contributed by atoms with Gasteiger partial charge in [-0.3, -0.25) is 14.9 Å². The van der Waals surface area contributed by atoms with E-state index in [0.717, 1.165) is 11.8 Å². The van der Waals surface area contributed by atoms with Gasteiger partial charge in [-0.2, -0.15) is 5.26 Å². The molecule has 0 aromatic heterocycles. The molecule has 18 heavy (non-hydrogen) atoms. The molecule has 0 saturated heterocycles. The van der Waals surface area contributed by atoms with Gasteiger partial charge in [0, 0.05) is 12.1 Å². The van der Waals surface area contributed by atoms with Crippen molar-refractivity contribution >= 4 is 23.4 Å². The number of non-ortho nitro benzene ring substituents is 1. The zero-order chi connectivity index (χ0) is 13.8. The Kier molecular flexibility index (Phi) is 4.28. The van der Waals surface area contributed by atoms with E-state index in [1.807, 2.05) is 5.40 Å². The number of rotatable bonds is 5. The maximum atomic E-state index is 11.3. The molecule has 0 saturated carbocycles. The fourth-order valence-electron chi connectivity index (χ4n) is 1.40. The van der Waals surface area contributed by atoms with Gasteiger partial charge >= 0.3 is 0 Å². The van der Waals surface area contributed by atoms with Crippen molar-refractivity contribution in [3.63, 3.8) is 0 Å². The van der Waals surface area contributed by atoms with E-state index in [1.165, 1.54) is 12.1 Å². The second-order valence-electron chi connectivity index (χ2n) is 3.89. The Hall–Kier alpha value is -2.07. The highest BCUT2D eigenvalue weighted by molar-refractivity contribution is 8.05. The van der Waals surface area contributed by atoms with E-state index < -0.39 is 15.6 Å². The molecule has 2 N–H and O–H groups in total. The molecular weight excluding hydrogens is 254 g/mol. The molecule has 6 nitrogen and oxygen atoms in total. The van der Waals surface area contributed by atoms with Crippen molar-refractivity contribution in [3.05, 3.63) is 39.9 Å². The Morgan fingerprint density at radius 1 is 1.56 bits per heavy atom. The lowest BCUT2D eigenvalue weighted by Gasteiger charge is -2.21. The normalized spacial score (nSPS) is 13.3. The van der Waals surface area contributed by atoms with Crippen LogP contribution in [0.15, 0.2) is 24.3 Å². The Bertz CT molecular complexity index is 509. The van der Waals surface area contributed by atoms with Gasteiger partial charge in [0.2, 0.25) is 5.91 Å².